The lowest BCUT2D eigenvalue weighted by Crippen LogP contribution is -2.14. The summed E-state index contributed by atoms with van der Waals surface area (Å²) in [6.45, 7) is 6.50. The fourth-order valence-corrected chi connectivity index (χ4v) is 2.14. The number of carbonyl (C=O) groups is 1. The van der Waals surface area contributed by atoms with E-state index in [-0.39, 0.29) is 11.6 Å². The Morgan fingerprint density at radius 2 is 1.90 bits per heavy atom. The number of halogens is 1. The van der Waals surface area contributed by atoms with Crippen LogP contribution in [-0.2, 0) is 0 Å². The van der Waals surface area contributed by atoms with Crippen molar-refractivity contribution in [3.05, 3.63) is 58.9 Å². The number of anilines is 2. The molecule has 21 heavy (non-hydrogen) atoms. The van der Waals surface area contributed by atoms with Gasteiger partial charge in [-0.05, 0) is 62.2 Å². The third kappa shape index (κ3) is 3.60. The number of benzene rings is 2. The second-order valence-electron chi connectivity index (χ2n) is 5.00. The van der Waals surface area contributed by atoms with Crippen LogP contribution in [0, 0.1) is 19.7 Å². The van der Waals surface area contributed by atoms with Gasteiger partial charge < -0.3 is 10.6 Å². The van der Waals surface area contributed by atoms with Crippen molar-refractivity contribution in [3.8, 4) is 0 Å². The molecule has 0 unspecified atom stereocenters. The Morgan fingerprint density at radius 1 is 1.14 bits per heavy atom. The van der Waals surface area contributed by atoms with E-state index in [2.05, 4.69) is 10.6 Å². The minimum atomic E-state index is -0.426. The van der Waals surface area contributed by atoms with Gasteiger partial charge in [0.05, 0.1) is 5.69 Å². The molecular formula is C17H19FN2O. The van der Waals surface area contributed by atoms with Crippen LogP contribution in [0.2, 0.25) is 0 Å². The van der Waals surface area contributed by atoms with Gasteiger partial charge in [-0.15, -0.1) is 0 Å². The van der Waals surface area contributed by atoms with Crippen molar-refractivity contribution < 1.29 is 9.18 Å². The third-order valence-electron chi connectivity index (χ3n) is 3.22. The number of nitrogens with one attached hydrogen (secondary N) is 2. The Balaban J connectivity index is 2.20. The van der Waals surface area contributed by atoms with Gasteiger partial charge in [-0.25, -0.2) is 4.39 Å². The molecule has 3 nitrogen and oxygen atoms in total. The molecule has 0 spiro atoms. The van der Waals surface area contributed by atoms with Gasteiger partial charge in [0.2, 0.25) is 0 Å². The lowest BCUT2D eigenvalue weighted by molar-refractivity contribution is 0.102. The molecule has 0 aromatic heterocycles. The zero-order valence-electron chi connectivity index (χ0n) is 12.5. The highest BCUT2D eigenvalue weighted by Gasteiger charge is 2.12. The summed E-state index contributed by atoms with van der Waals surface area (Å²) >= 11 is 0. The third-order valence-corrected chi connectivity index (χ3v) is 3.22. The molecule has 2 rings (SSSR count). The molecular weight excluding hydrogens is 267 g/mol. The molecule has 0 aliphatic heterocycles. The molecule has 0 radical (unpaired) electrons. The quantitative estimate of drug-likeness (QED) is 0.887. The second-order valence-corrected chi connectivity index (χ2v) is 5.00. The summed E-state index contributed by atoms with van der Waals surface area (Å²) in [6.07, 6.45) is 0. The highest BCUT2D eigenvalue weighted by atomic mass is 19.1. The Hall–Kier alpha value is -2.36. The van der Waals surface area contributed by atoms with Gasteiger partial charge in [-0.1, -0.05) is 6.07 Å². The molecule has 0 atom stereocenters. The summed E-state index contributed by atoms with van der Waals surface area (Å²) in [5.41, 5.74) is 3.36. The maximum absolute atomic E-state index is 13.8. The van der Waals surface area contributed by atoms with E-state index in [4.69, 9.17) is 0 Å². The smallest absolute Gasteiger partial charge is 0.256 e. The fourth-order valence-electron chi connectivity index (χ4n) is 2.14. The van der Waals surface area contributed by atoms with Crippen LogP contribution in [0.5, 0.6) is 0 Å². The van der Waals surface area contributed by atoms with Crippen LogP contribution in [0.25, 0.3) is 0 Å². The summed E-state index contributed by atoms with van der Waals surface area (Å²) in [4.78, 5) is 12.2. The van der Waals surface area contributed by atoms with Gasteiger partial charge in [0.25, 0.3) is 5.91 Å². The molecule has 4 heteroatoms. The van der Waals surface area contributed by atoms with Crippen molar-refractivity contribution in [1.29, 1.82) is 0 Å². The Morgan fingerprint density at radius 3 is 2.52 bits per heavy atom. The van der Waals surface area contributed by atoms with Crippen molar-refractivity contribution in [2.24, 2.45) is 0 Å². The second kappa shape index (κ2) is 6.39. The molecule has 2 N–H and O–H groups in total. The summed E-state index contributed by atoms with van der Waals surface area (Å²) in [5.74, 6) is -0.733. The van der Waals surface area contributed by atoms with E-state index in [1.165, 1.54) is 6.07 Å². The first-order chi connectivity index (χ1) is 10.0. The van der Waals surface area contributed by atoms with Crippen LogP contribution in [0.15, 0.2) is 36.4 Å². The van der Waals surface area contributed by atoms with E-state index < -0.39 is 5.82 Å². The zero-order valence-corrected chi connectivity index (χ0v) is 12.5. The Bertz CT molecular complexity index is 668. The Labute approximate surface area is 124 Å². The van der Waals surface area contributed by atoms with Crippen molar-refractivity contribution in [2.45, 2.75) is 20.8 Å². The number of amides is 1. The number of rotatable bonds is 4. The van der Waals surface area contributed by atoms with E-state index in [1.807, 2.05) is 26.0 Å². The van der Waals surface area contributed by atoms with Crippen molar-refractivity contribution in [3.63, 3.8) is 0 Å². The van der Waals surface area contributed by atoms with Crippen LogP contribution in [0.4, 0.5) is 15.8 Å². The van der Waals surface area contributed by atoms with E-state index >= 15 is 0 Å². The maximum atomic E-state index is 13.8. The largest absolute Gasteiger partial charge is 0.385 e. The van der Waals surface area contributed by atoms with Gasteiger partial charge in [0.15, 0.2) is 0 Å². The zero-order chi connectivity index (χ0) is 15.4. The first-order valence-corrected chi connectivity index (χ1v) is 6.93. The molecule has 2 aromatic carbocycles. The number of aryl methyl sites for hydroxylation is 2. The lowest BCUT2D eigenvalue weighted by Gasteiger charge is -2.11. The van der Waals surface area contributed by atoms with E-state index in [0.29, 0.717) is 5.56 Å². The molecule has 1 amide bonds. The minimum Gasteiger partial charge on any atom is -0.385 e. The summed E-state index contributed by atoms with van der Waals surface area (Å²) in [6, 6.07) is 10.2. The highest BCUT2D eigenvalue weighted by Crippen LogP contribution is 2.19. The van der Waals surface area contributed by atoms with E-state index in [1.54, 1.807) is 25.1 Å². The number of hydrogen-bond acceptors (Lipinski definition) is 2. The first kappa shape index (κ1) is 15.0. The standard InChI is InChI=1S/C17H19FN2O/c1-4-19-13-6-7-14(12(3)10-13)17(21)20-16-8-5-11(2)9-15(16)18/h5-10,19H,4H2,1-3H3,(H,20,21). The topological polar surface area (TPSA) is 41.1 Å². The Kier molecular flexibility index (Phi) is 4.58. The average molecular weight is 286 g/mol. The van der Waals surface area contributed by atoms with Crippen LogP contribution in [-0.4, -0.2) is 12.5 Å². The van der Waals surface area contributed by atoms with E-state index in [0.717, 1.165) is 23.4 Å². The summed E-state index contributed by atoms with van der Waals surface area (Å²) < 4.78 is 13.8. The van der Waals surface area contributed by atoms with Gasteiger partial charge in [-0.2, -0.15) is 0 Å². The summed E-state index contributed by atoms with van der Waals surface area (Å²) in [7, 11) is 0. The fraction of sp³-hybridized carbons (Fsp3) is 0.235. The molecule has 0 fully saturated rings. The lowest BCUT2D eigenvalue weighted by atomic mass is 10.1. The number of hydrogen-bond donors (Lipinski definition) is 2. The molecule has 110 valence electrons. The van der Waals surface area contributed by atoms with Gasteiger partial charge >= 0.3 is 0 Å². The molecule has 0 aliphatic carbocycles. The average Bonchev–Trinajstić information content (AvgIpc) is 2.42. The van der Waals surface area contributed by atoms with Crippen LogP contribution in [0.3, 0.4) is 0 Å². The van der Waals surface area contributed by atoms with Crippen LogP contribution < -0.4 is 10.6 Å². The van der Waals surface area contributed by atoms with Crippen LogP contribution in [0.1, 0.15) is 28.4 Å². The molecule has 0 bridgehead atoms. The molecule has 0 saturated heterocycles. The van der Waals surface area contributed by atoms with Crippen molar-refractivity contribution in [1.82, 2.24) is 0 Å². The predicted octanol–water partition coefficient (Wildman–Crippen LogP) is 4.13. The normalized spacial score (nSPS) is 10.3. The SMILES string of the molecule is CCNc1ccc(C(=O)Nc2ccc(C)cc2F)c(C)c1. The summed E-state index contributed by atoms with van der Waals surface area (Å²) in [5, 5.41) is 5.80. The van der Waals surface area contributed by atoms with E-state index in [9.17, 15) is 9.18 Å². The van der Waals surface area contributed by atoms with Crippen molar-refractivity contribution >= 4 is 17.3 Å². The van der Waals surface area contributed by atoms with Gasteiger partial charge in [0.1, 0.15) is 5.82 Å². The number of carbonyl (C=O) groups excluding carboxylic acids is 1. The predicted molar refractivity (Wildman–Crippen MR) is 84.4 cm³/mol. The molecule has 0 aliphatic rings. The minimum absolute atomic E-state index is 0.195. The van der Waals surface area contributed by atoms with Gasteiger partial charge in [-0.3, -0.25) is 4.79 Å². The monoisotopic (exact) mass is 286 g/mol. The van der Waals surface area contributed by atoms with Crippen LogP contribution >= 0.6 is 0 Å². The first-order valence-electron chi connectivity index (χ1n) is 6.93. The molecule has 2 aromatic rings. The highest BCUT2D eigenvalue weighted by molar-refractivity contribution is 6.05. The molecule has 0 heterocycles. The maximum Gasteiger partial charge on any atom is 0.256 e. The molecule has 0 saturated carbocycles. The van der Waals surface area contributed by atoms with Gasteiger partial charge in [0, 0.05) is 17.8 Å². The van der Waals surface area contributed by atoms with Crippen molar-refractivity contribution in [2.75, 3.05) is 17.2 Å².